The predicted molar refractivity (Wildman–Crippen MR) is 120 cm³/mol. The Bertz CT molecular complexity index is 970. The zero-order chi connectivity index (χ0) is 20.7. The number of aryl methyl sites for hydroxylation is 1. The number of aliphatic hydroxyl groups excluding tert-OH is 1. The Morgan fingerprint density at radius 1 is 1.20 bits per heavy atom. The van der Waals surface area contributed by atoms with Gasteiger partial charge in [-0.1, -0.05) is 6.08 Å². The number of hydrogen-bond acceptors (Lipinski definition) is 8. The maximum atomic E-state index is 9.67. The van der Waals surface area contributed by atoms with Gasteiger partial charge in [-0.15, -0.1) is 11.8 Å². The summed E-state index contributed by atoms with van der Waals surface area (Å²) in [7, 11) is 0. The summed E-state index contributed by atoms with van der Waals surface area (Å²) in [6, 6.07) is 0. The second kappa shape index (κ2) is 7.81. The summed E-state index contributed by atoms with van der Waals surface area (Å²) in [6.07, 6.45) is 10.6. The first-order valence-electron chi connectivity index (χ1n) is 10.7. The molecule has 1 fully saturated rings. The summed E-state index contributed by atoms with van der Waals surface area (Å²) in [5.74, 6) is 4.15. The van der Waals surface area contributed by atoms with Crippen molar-refractivity contribution in [2.75, 3.05) is 35.7 Å². The fraction of sp³-hybridized carbons (Fsp3) is 0.545. The molecule has 0 radical (unpaired) electrons. The van der Waals surface area contributed by atoms with Crippen LogP contribution in [0, 0.1) is 0 Å². The molecule has 7 nitrogen and oxygen atoms in total. The molecule has 3 aliphatic rings. The number of thioether (sulfide) groups is 1. The molecule has 2 aliphatic heterocycles. The molecule has 0 amide bonds. The summed E-state index contributed by atoms with van der Waals surface area (Å²) in [4.78, 5) is 22.3. The predicted octanol–water partition coefficient (Wildman–Crippen LogP) is 3.27. The summed E-state index contributed by atoms with van der Waals surface area (Å²) in [5.41, 5.74) is 3.15. The van der Waals surface area contributed by atoms with Crippen LogP contribution in [0.4, 0.5) is 11.8 Å². The topological polar surface area (TPSA) is 87.1 Å². The normalized spacial score (nSPS) is 18.9. The third kappa shape index (κ3) is 4.03. The maximum absolute atomic E-state index is 9.67. The van der Waals surface area contributed by atoms with E-state index < -0.39 is 5.54 Å². The second-order valence-corrected chi connectivity index (χ2v) is 10.1. The number of rotatable bonds is 6. The minimum atomic E-state index is -0.429. The fourth-order valence-corrected chi connectivity index (χ4v) is 4.87. The van der Waals surface area contributed by atoms with E-state index in [-0.39, 0.29) is 6.61 Å². The largest absolute Gasteiger partial charge is 0.394 e. The number of nitrogens with one attached hydrogen (secondary N) is 1. The third-order valence-corrected chi connectivity index (χ3v) is 6.99. The van der Waals surface area contributed by atoms with E-state index in [0.717, 1.165) is 59.9 Å². The summed E-state index contributed by atoms with van der Waals surface area (Å²) in [5, 5.41) is 13.1. The molecule has 1 aliphatic carbocycles. The van der Waals surface area contributed by atoms with Crippen molar-refractivity contribution in [2.24, 2.45) is 0 Å². The van der Waals surface area contributed by atoms with E-state index in [0.29, 0.717) is 5.92 Å². The standard InChI is InChI=1S/C22H28N6OS/c1-22(2,13-29)27-20-18-17(7-10-30-18)25-21(26-20)28-8-5-15(6-9-28)19-23-11-16(12-24-19)14-3-4-14/h5,11-12,14,29H,3-4,6-10,13H2,1-2H3,(H,25,26,27). The summed E-state index contributed by atoms with van der Waals surface area (Å²) >= 11 is 1.79. The van der Waals surface area contributed by atoms with Crippen LogP contribution in [0.2, 0.25) is 0 Å². The Balaban J connectivity index is 1.35. The number of nitrogens with zero attached hydrogens (tertiary/aromatic N) is 5. The van der Waals surface area contributed by atoms with E-state index in [4.69, 9.17) is 9.97 Å². The molecule has 2 aromatic heterocycles. The van der Waals surface area contributed by atoms with Crippen molar-refractivity contribution >= 4 is 29.1 Å². The van der Waals surface area contributed by atoms with Gasteiger partial charge in [0.15, 0.2) is 5.82 Å². The van der Waals surface area contributed by atoms with Crippen LogP contribution in [0.1, 0.15) is 56.1 Å². The van der Waals surface area contributed by atoms with Crippen molar-refractivity contribution in [3.63, 3.8) is 0 Å². The van der Waals surface area contributed by atoms with Crippen molar-refractivity contribution in [2.45, 2.75) is 55.9 Å². The average molecular weight is 425 g/mol. The highest BCUT2D eigenvalue weighted by Crippen LogP contribution is 2.40. The molecule has 0 spiro atoms. The van der Waals surface area contributed by atoms with Gasteiger partial charge in [0.2, 0.25) is 5.95 Å². The fourth-order valence-electron chi connectivity index (χ4n) is 3.83. The zero-order valence-corrected chi connectivity index (χ0v) is 18.4. The zero-order valence-electron chi connectivity index (χ0n) is 17.6. The van der Waals surface area contributed by atoms with Gasteiger partial charge in [-0.25, -0.2) is 15.0 Å². The lowest BCUT2D eigenvalue weighted by molar-refractivity contribution is 0.233. The van der Waals surface area contributed by atoms with Crippen LogP contribution in [0.5, 0.6) is 0 Å². The molecular weight excluding hydrogens is 396 g/mol. The van der Waals surface area contributed by atoms with Gasteiger partial charge in [-0.2, -0.15) is 4.98 Å². The van der Waals surface area contributed by atoms with Gasteiger partial charge >= 0.3 is 0 Å². The molecule has 1 saturated carbocycles. The molecule has 2 aromatic rings. The van der Waals surface area contributed by atoms with Crippen molar-refractivity contribution in [3.05, 3.63) is 35.6 Å². The van der Waals surface area contributed by atoms with E-state index in [1.807, 2.05) is 26.2 Å². The molecular formula is C22H28N6OS. The minimum absolute atomic E-state index is 0.0428. The number of aliphatic hydroxyl groups is 1. The molecule has 4 heterocycles. The second-order valence-electron chi connectivity index (χ2n) is 8.95. The van der Waals surface area contributed by atoms with Gasteiger partial charge < -0.3 is 15.3 Å². The van der Waals surface area contributed by atoms with E-state index >= 15 is 0 Å². The van der Waals surface area contributed by atoms with Gasteiger partial charge in [-0.3, -0.25) is 0 Å². The molecule has 2 N–H and O–H groups in total. The van der Waals surface area contributed by atoms with Crippen LogP contribution in [0.3, 0.4) is 0 Å². The van der Waals surface area contributed by atoms with Crippen LogP contribution in [0.25, 0.3) is 5.57 Å². The number of fused-ring (bicyclic) bond motifs is 1. The Morgan fingerprint density at radius 3 is 2.67 bits per heavy atom. The van der Waals surface area contributed by atoms with Crippen molar-refractivity contribution in [1.82, 2.24) is 19.9 Å². The van der Waals surface area contributed by atoms with Gasteiger partial charge in [0.05, 0.1) is 22.7 Å². The van der Waals surface area contributed by atoms with Gasteiger partial charge in [0, 0.05) is 37.7 Å². The number of anilines is 2. The van der Waals surface area contributed by atoms with Crippen molar-refractivity contribution < 1.29 is 5.11 Å². The van der Waals surface area contributed by atoms with Gasteiger partial charge in [0.1, 0.15) is 5.82 Å². The molecule has 0 unspecified atom stereocenters. The molecule has 30 heavy (non-hydrogen) atoms. The molecule has 158 valence electrons. The quantitative estimate of drug-likeness (QED) is 0.731. The van der Waals surface area contributed by atoms with Gasteiger partial charge in [0.25, 0.3) is 0 Å². The molecule has 0 saturated heterocycles. The number of hydrogen-bond donors (Lipinski definition) is 2. The van der Waals surface area contributed by atoms with Crippen LogP contribution in [-0.2, 0) is 6.42 Å². The van der Waals surface area contributed by atoms with E-state index in [1.165, 1.54) is 24.0 Å². The van der Waals surface area contributed by atoms with E-state index in [9.17, 15) is 5.11 Å². The average Bonchev–Trinajstić information content (AvgIpc) is 3.51. The molecule has 5 rings (SSSR count). The smallest absolute Gasteiger partial charge is 0.227 e. The number of aromatic nitrogens is 4. The monoisotopic (exact) mass is 424 g/mol. The maximum Gasteiger partial charge on any atom is 0.227 e. The molecule has 0 atom stereocenters. The van der Waals surface area contributed by atoms with E-state index in [1.54, 1.807) is 11.8 Å². The van der Waals surface area contributed by atoms with Crippen LogP contribution in [0.15, 0.2) is 23.4 Å². The Kier molecular flexibility index (Phi) is 5.14. The van der Waals surface area contributed by atoms with Crippen LogP contribution < -0.4 is 10.2 Å². The first-order chi connectivity index (χ1) is 14.5. The molecule has 0 aromatic carbocycles. The van der Waals surface area contributed by atoms with E-state index in [2.05, 4.69) is 26.3 Å². The first-order valence-corrected chi connectivity index (χ1v) is 11.7. The lowest BCUT2D eigenvalue weighted by atomic mass is 10.1. The van der Waals surface area contributed by atoms with Crippen molar-refractivity contribution in [1.29, 1.82) is 0 Å². The summed E-state index contributed by atoms with van der Waals surface area (Å²) < 4.78 is 0. The summed E-state index contributed by atoms with van der Waals surface area (Å²) in [6.45, 7) is 5.59. The van der Waals surface area contributed by atoms with Crippen LogP contribution in [-0.4, -0.2) is 56.0 Å². The SMILES string of the molecule is CC(C)(CO)Nc1nc(N2CC=C(c3ncc(C4CC4)cn3)CC2)nc2c1SCC2. The highest BCUT2D eigenvalue weighted by molar-refractivity contribution is 7.99. The Labute approximate surface area is 181 Å². The minimum Gasteiger partial charge on any atom is -0.394 e. The highest BCUT2D eigenvalue weighted by atomic mass is 32.2. The lowest BCUT2D eigenvalue weighted by Crippen LogP contribution is -2.36. The Hall–Kier alpha value is -2.19. The molecule has 8 heteroatoms. The van der Waals surface area contributed by atoms with Gasteiger partial charge in [-0.05, 0) is 50.2 Å². The Morgan fingerprint density at radius 2 is 2.00 bits per heavy atom. The van der Waals surface area contributed by atoms with Crippen molar-refractivity contribution in [3.8, 4) is 0 Å². The lowest BCUT2D eigenvalue weighted by Gasteiger charge is -2.29. The first kappa shape index (κ1) is 19.8. The molecule has 0 bridgehead atoms. The van der Waals surface area contributed by atoms with Crippen LogP contribution >= 0.6 is 11.8 Å². The third-order valence-electron chi connectivity index (χ3n) is 5.86. The highest BCUT2D eigenvalue weighted by Gasteiger charge is 2.27.